The summed E-state index contributed by atoms with van der Waals surface area (Å²) in [7, 11) is 1.62. The fourth-order valence-electron chi connectivity index (χ4n) is 4.49. The maximum Gasteiger partial charge on any atom is 0.268 e. The third kappa shape index (κ3) is 3.17. The molecule has 3 aromatic rings. The van der Waals surface area contributed by atoms with E-state index in [4.69, 9.17) is 4.74 Å². The lowest BCUT2D eigenvalue weighted by atomic mass is 10.0. The molecule has 5 nitrogen and oxygen atoms in total. The zero-order chi connectivity index (χ0) is 22.3. The summed E-state index contributed by atoms with van der Waals surface area (Å²) < 4.78 is 5.48. The van der Waals surface area contributed by atoms with E-state index in [0.29, 0.717) is 30.2 Å². The Labute approximate surface area is 192 Å². The molecule has 32 heavy (non-hydrogen) atoms. The van der Waals surface area contributed by atoms with Crippen molar-refractivity contribution in [3.63, 3.8) is 0 Å². The highest BCUT2D eigenvalue weighted by molar-refractivity contribution is 8.01. The molecular weight excluding hydrogens is 420 g/mol. The molecule has 0 N–H and O–H groups in total. The van der Waals surface area contributed by atoms with Crippen molar-refractivity contribution in [1.29, 1.82) is 0 Å². The molecule has 0 radical (unpaired) electrons. The molecule has 0 aliphatic carbocycles. The molecule has 0 bridgehead atoms. The summed E-state index contributed by atoms with van der Waals surface area (Å²) in [5.74, 6) is 1.16. The SMILES string of the molecule is COc1ccc2c(c1)[C@]1(SCCN1C(=O)c1ccccc1)C(=O)N2Cc1ccc(C)cc1. The van der Waals surface area contributed by atoms with Crippen molar-refractivity contribution in [2.24, 2.45) is 0 Å². The molecule has 2 amide bonds. The first-order valence-corrected chi connectivity index (χ1v) is 11.6. The molecule has 1 saturated heterocycles. The monoisotopic (exact) mass is 444 g/mol. The zero-order valence-corrected chi connectivity index (χ0v) is 18.9. The second-order valence-corrected chi connectivity index (χ2v) is 9.36. The number of benzene rings is 3. The van der Waals surface area contributed by atoms with E-state index in [1.54, 1.807) is 24.1 Å². The summed E-state index contributed by atoms with van der Waals surface area (Å²) in [6.45, 7) is 3.01. The molecule has 0 saturated carbocycles. The van der Waals surface area contributed by atoms with Crippen LogP contribution in [0.1, 0.15) is 27.0 Å². The van der Waals surface area contributed by atoms with E-state index < -0.39 is 4.87 Å². The van der Waals surface area contributed by atoms with Gasteiger partial charge in [0.25, 0.3) is 11.8 Å². The van der Waals surface area contributed by atoms with E-state index in [-0.39, 0.29) is 11.8 Å². The van der Waals surface area contributed by atoms with E-state index in [0.717, 1.165) is 16.8 Å². The minimum absolute atomic E-state index is 0.0758. The van der Waals surface area contributed by atoms with Gasteiger partial charge in [-0.3, -0.25) is 9.59 Å². The number of methoxy groups -OCH3 is 1. The Bertz CT molecular complexity index is 1180. The first-order chi connectivity index (χ1) is 15.5. The van der Waals surface area contributed by atoms with Gasteiger partial charge in [0.15, 0.2) is 4.87 Å². The Hall–Kier alpha value is -3.25. The van der Waals surface area contributed by atoms with E-state index in [1.807, 2.05) is 60.4 Å². The molecule has 2 heterocycles. The summed E-state index contributed by atoms with van der Waals surface area (Å²) in [4.78, 5) is 30.1. The number of carbonyl (C=O) groups excluding carboxylic acids is 2. The van der Waals surface area contributed by atoms with Gasteiger partial charge in [-0.25, -0.2) is 0 Å². The number of carbonyl (C=O) groups is 2. The number of nitrogens with zero attached hydrogens (tertiary/aromatic N) is 2. The second-order valence-electron chi connectivity index (χ2n) is 8.08. The number of thioether (sulfide) groups is 1. The average molecular weight is 445 g/mol. The molecule has 1 fully saturated rings. The normalized spacial score (nSPS) is 19.5. The van der Waals surface area contributed by atoms with Crippen LogP contribution in [-0.4, -0.2) is 36.1 Å². The highest BCUT2D eigenvalue weighted by Crippen LogP contribution is 2.55. The predicted molar refractivity (Wildman–Crippen MR) is 127 cm³/mol. The Morgan fingerprint density at radius 2 is 1.81 bits per heavy atom. The fourth-order valence-corrected chi connectivity index (χ4v) is 5.94. The van der Waals surface area contributed by atoms with Crippen LogP contribution in [0.5, 0.6) is 5.75 Å². The molecule has 162 valence electrons. The van der Waals surface area contributed by atoms with Crippen molar-refractivity contribution in [3.05, 3.63) is 95.1 Å². The van der Waals surface area contributed by atoms with Crippen molar-refractivity contribution in [1.82, 2.24) is 4.90 Å². The van der Waals surface area contributed by atoms with Gasteiger partial charge < -0.3 is 14.5 Å². The van der Waals surface area contributed by atoms with Gasteiger partial charge in [-0.05, 0) is 42.8 Å². The lowest BCUT2D eigenvalue weighted by molar-refractivity contribution is -0.123. The van der Waals surface area contributed by atoms with Gasteiger partial charge in [0.1, 0.15) is 5.75 Å². The predicted octanol–water partition coefficient (Wildman–Crippen LogP) is 4.59. The molecule has 0 aromatic heterocycles. The Morgan fingerprint density at radius 3 is 2.53 bits per heavy atom. The maximum absolute atomic E-state index is 14.1. The number of ether oxygens (including phenoxy) is 1. The molecule has 3 aromatic carbocycles. The van der Waals surface area contributed by atoms with Gasteiger partial charge in [-0.2, -0.15) is 0 Å². The lowest BCUT2D eigenvalue weighted by Gasteiger charge is -2.33. The summed E-state index contributed by atoms with van der Waals surface area (Å²) in [6.07, 6.45) is 0. The first kappa shape index (κ1) is 20.6. The smallest absolute Gasteiger partial charge is 0.268 e. The van der Waals surface area contributed by atoms with E-state index in [2.05, 4.69) is 12.1 Å². The van der Waals surface area contributed by atoms with Crippen LogP contribution in [0.3, 0.4) is 0 Å². The summed E-state index contributed by atoms with van der Waals surface area (Å²) >= 11 is 1.53. The number of hydrogen-bond donors (Lipinski definition) is 0. The van der Waals surface area contributed by atoms with Gasteiger partial charge in [-0.1, -0.05) is 48.0 Å². The van der Waals surface area contributed by atoms with Crippen LogP contribution in [0, 0.1) is 6.92 Å². The summed E-state index contributed by atoms with van der Waals surface area (Å²) in [6, 6.07) is 23.1. The van der Waals surface area contributed by atoms with E-state index in [9.17, 15) is 9.59 Å². The van der Waals surface area contributed by atoms with Crippen molar-refractivity contribution < 1.29 is 14.3 Å². The molecule has 1 atom stereocenters. The van der Waals surface area contributed by atoms with Crippen LogP contribution in [-0.2, 0) is 16.2 Å². The minimum Gasteiger partial charge on any atom is -0.497 e. The quantitative estimate of drug-likeness (QED) is 0.591. The third-order valence-electron chi connectivity index (χ3n) is 6.13. The zero-order valence-electron chi connectivity index (χ0n) is 18.1. The number of fused-ring (bicyclic) bond motifs is 2. The Kier molecular flexibility index (Phi) is 5.18. The largest absolute Gasteiger partial charge is 0.497 e. The first-order valence-electron chi connectivity index (χ1n) is 10.6. The van der Waals surface area contributed by atoms with Crippen LogP contribution < -0.4 is 9.64 Å². The fraction of sp³-hybridized carbons (Fsp3) is 0.231. The van der Waals surface area contributed by atoms with Crippen molar-refractivity contribution in [2.75, 3.05) is 24.3 Å². The van der Waals surface area contributed by atoms with Crippen molar-refractivity contribution in [3.8, 4) is 5.75 Å². The molecule has 2 aliphatic rings. The topological polar surface area (TPSA) is 49.9 Å². The van der Waals surface area contributed by atoms with Crippen LogP contribution in [0.2, 0.25) is 0 Å². The van der Waals surface area contributed by atoms with Gasteiger partial charge in [0.05, 0.1) is 19.3 Å². The second kappa shape index (κ2) is 8.02. The molecule has 5 rings (SSSR count). The van der Waals surface area contributed by atoms with Gasteiger partial charge in [0, 0.05) is 23.4 Å². The van der Waals surface area contributed by atoms with Crippen LogP contribution in [0.15, 0.2) is 72.8 Å². The Morgan fingerprint density at radius 1 is 1.06 bits per heavy atom. The molecule has 6 heteroatoms. The molecule has 2 aliphatic heterocycles. The number of anilines is 1. The number of rotatable bonds is 4. The maximum atomic E-state index is 14.1. The van der Waals surface area contributed by atoms with Crippen LogP contribution in [0.25, 0.3) is 0 Å². The van der Waals surface area contributed by atoms with Gasteiger partial charge in [-0.15, -0.1) is 11.8 Å². The number of hydrogen-bond acceptors (Lipinski definition) is 4. The number of aryl methyl sites for hydroxylation is 1. The standard InChI is InChI=1S/C26H24N2O3S/c1-18-8-10-19(11-9-18)17-27-23-13-12-21(31-2)16-22(23)26(25(27)30)28(14-15-32-26)24(29)20-6-4-3-5-7-20/h3-13,16H,14-15,17H2,1-2H3/t26-/m0/s1. The molecule has 1 spiro atoms. The van der Waals surface area contributed by atoms with Gasteiger partial charge >= 0.3 is 0 Å². The minimum atomic E-state index is -1.08. The van der Waals surface area contributed by atoms with Gasteiger partial charge in [0.2, 0.25) is 0 Å². The van der Waals surface area contributed by atoms with Crippen LogP contribution in [0.4, 0.5) is 5.69 Å². The van der Waals surface area contributed by atoms with E-state index in [1.165, 1.54) is 17.3 Å². The average Bonchev–Trinajstić information content (AvgIpc) is 3.37. The van der Waals surface area contributed by atoms with Crippen molar-refractivity contribution >= 4 is 29.3 Å². The molecule has 0 unspecified atom stereocenters. The highest BCUT2D eigenvalue weighted by Gasteiger charge is 2.59. The summed E-state index contributed by atoms with van der Waals surface area (Å²) in [5, 5.41) is 0. The molecular formula is C26H24N2O3S. The van der Waals surface area contributed by atoms with Crippen LogP contribution >= 0.6 is 11.8 Å². The highest BCUT2D eigenvalue weighted by atomic mass is 32.2. The third-order valence-corrected chi connectivity index (χ3v) is 7.55. The van der Waals surface area contributed by atoms with Crippen molar-refractivity contribution in [2.45, 2.75) is 18.3 Å². The Balaban J connectivity index is 1.61. The number of amides is 2. The lowest BCUT2D eigenvalue weighted by Crippen LogP contribution is -2.50. The summed E-state index contributed by atoms with van der Waals surface area (Å²) in [5.41, 5.74) is 4.46. The van der Waals surface area contributed by atoms with E-state index >= 15 is 0 Å².